The van der Waals surface area contributed by atoms with E-state index in [4.69, 9.17) is 10.00 Å². The Morgan fingerprint density at radius 3 is 2.94 bits per heavy atom. The molecule has 88 valence electrons. The van der Waals surface area contributed by atoms with Crippen LogP contribution in [0.5, 0.6) is 0 Å². The maximum Gasteiger partial charge on any atom is 0.323 e. The predicted molar refractivity (Wildman–Crippen MR) is 60.8 cm³/mol. The Bertz CT molecular complexity index is 295. The van der Waals surface area contributed by atoms with Gasteiger partial charge >= 0.3 is 5.97 Å². The summed E-state index contributed by atoms with van der Waals surface area (Å²) in [6.07, 6.45) is 4.74. The van der Waals surface area contributed by atoms with E-state index < -0.39 is 11.9 Å². The molecule has 0 aliphatic heterocycles. The minimum absolute atomic E-state index is 0.325. The number of nitrogens with zero attached hydrogens (tertiary/aromatic N) is 1. The molecule has 1 aliphatic carbocycles. The molecule has 0 bridgehead atoms. The molecule has 0 aromatic heterocycles. The fourth-order valence-corrected chi connectivity index (χ4v) is 2.38. The van der Waals surface area contributed by atoms with Crippen LogP contribution in [0.2, 0.25) is 0 Å². The maximum absolute atomic E-state index is 11.7. The molecule has 0 N–H and O–H groups in total. The Morgan fingerprint density at radius 1 is 1.81 bits per heavy atom. The molecule has 1 rings (SSSR count). The number of hydrogen-bond acceptors (Lipinski definition) is 3. The quantitative estimate of drug-likeness (QED) is 0.685. The van der Waals surface area contributed by atoms with Gasteiger partial charge in [0.1, 0.15) is 5.92 Å². The second-order valence-corrected chi connectivity index (χ2v) is 4.62. The summed E-state index contributed by atoms with van der Waals surface area (Å²) >= 11 is 0. The van der Waals surface area contributed by atoms with Gasteiger partial charge in [-0.15, -0.1) is 0 Å². The molecule has 1 saturated carbocycles. The van der Waals surface area contributed by atoms with Crippen LogP contribution < -0.4 is 0 Å². The first-order valence-electron chi connectivity index (χ1n) is 5.77. The van der Waals surface area contributed by atoms with E-state index in [1.165, 1.54) is 0 Å². The highest BCUT2D eigenvalue weighted by Crippen LogP contribution is 2.47. The second-order valence-electron chi connectivity index (χ2n) is 4.62. The Hall–Kier alpha value is -1.04. The van der Waals surface area contributed by atoms with E-state index in [0.717, 1.165) is 19.3 Å². The van der Waals surface area contributed by atoms with E-state index in [2.05, 4.69) is 19.4 Å². The molecule has 16 heavy (non-hydrogen) atoms. The van der Waals surface area contributed by atoms with Crippen molar-refractivity contribution in [3.05, 3.63) is 13.3 Å². The minimum Gasteiger partial charge on any atom is -0.465 e. The first-order valence-corrected chi connectivity index (χ1v) is 5.77. The van der Waals surface area contributed by atoms with Gasteiger partial charge in [-0.3, -0.25) is 4.79 Å². The van der Waals surface area contributed by atoms with Crippen LogP contribution in [0, 0.1) is 41.9 Å². The van der Waals surface area contributed by atoms with Gasteiger partial charge in [-0.25, -0.2) is 0 Å². The number of hydrogen-bond donors (Lipinski definition) is 0. The zero-order valence-electron chi connectivity index (χ0n) is 10.0. The highest BCUT2D eigenvalue weighted by molar-refractivity contribution is 5.76. The maximum atomic E-state index is 11.7. The number of rotatable bonds is 4. The van der Waals surface area contributed by atoms with Crippen molar-refractivity contribution in [1.29, 1.82) is 5.26 Å². The Labute approximate surface area is 97.8 Å². The average molecular weight is 221 g/mol. The molecule has 0 saturated heterocycles. The lowest BCUT2D eigenvalue weighted by Gasteiger charge is -2.27. The van der Waals surface area contributed by atoms with Crippen molar-refractivity contribution >= 4 is 5.97 Å². The van der Waals surface area contributed by atoms with Crippen LogP contribution in [0.3, 0.4) is 0 Å². The lowest BCUT2D eigenvalue weighted by molar-refractivity contribution is -0.149. The van der Waals surface area contributed by atoms with Gasteiger partial charge in [0.15, 0.2) is 0 Å². The van der Waals surface area contributed by atoms with Gasteiger partial charge < -0.3 is 4.74 Å². The number of carbonyl (C=O) groups is 1. The Balaban J connectivity index is 2.73. The molecule has 3 heteroatoms. The number of esters is 1. The Kier molecular flexibility index (Phi) is 4.35. The smallest absolute Gasteiger partial charge is 0.323 e. The zero-order chi connectivity index (χ0) is 12.2. The fourth-order valence-electron chi connectivity index (χ4n) is 2.38. The third kappa shape index (κ3) is 2.55. The zero-order valence-corrected chi connectivity index (χ0v) is 10.0. The molecule has 0 spiro atoms. The van der Waals surface area contributed by atoms with E-state index in [9.17, 15) is 4.79 Å². The van der Waals surface area contributed by atoms with Gasteiger partial charge in [0, 0.05) is 0 Å². The molecular weight excluding hydrogens is 202 g/mol. The van der Waals surface area contributed by atoms with Gasteiger partial charge in [-0.1, -0.05) is 20.3 Å². The summed E-state index contributed by atoms with van der Waals surface area (Å²) in [7, 11) is 0. The van der Waals surface area contributed by atoms with Gasteiger partial charge in [-0.05, 0) is 37.5 Å². The van der Waals surface area contributed by atoms with Crippen LogP contribution in [0.25, 0.3) is 0 Å². The van der Waals surface area contributed by atoms with E-state index in [0.29, 0.717) is 12.5 Å². The summed E-state index contributed by atoms with van der Waals surface area (Å²) in [4.78, 5) is 11.7. The van der Waals surface area contributed by atoms with Crippen molar-refractivity contribution in [2.24, 2.45) is 17.3 Å². The molecule has 3 atom stereocenters. The van der Waals surface area contributed by atoms with Gasteiger partial charge in [-0.2, -0.15) is 5.26 Å². The number of nitriles is 1. The summed E-state index contributed by atoms with van der Waals surface area (Å²) in [6, 6.07) is 2.09. The highest BCUT2D eigenvalue weighted by Gasteiger charge is 2.45. The number of carbonyl (C=O) groups excluding carboxylic acids is 1. The Morgan fingerprint density at radius 2 is 2.50 bits per heavy atom. The molecule has 1 fully saturated rings. The molecule has 0 heterocycles. The van der Waals surface area contributed by atoms with E-state index in [1.54, 1.807) is 6.92 Å². The molecule has 1 aliphatic rings. The van der Waals surface area contributed by atoms with Crippen LogP contribution in [0.4, 0.5) is 0 Å². The average Bonchev–Trinajstić information content (AvgIpc) is 2.62. The molecule has 0 amide bonds. The van der Waals surface area contributed by atoms with E-state index in [1.807, 2.05) is 6.92 Å². The molecule has 0 aromatic rings. The standard InChI is InChI=1S/C13H19NO2/c1-4-10-6-7-13(3,8-10)11(9-14)12(15)16-5-2/h7,10-11H,1,4-6,8H2,2-3H3. The first kappa shape index (κ1) is 13.0. The van der Waals surface area contributed by atoms with Crippen LogP contribution in [-0.2, 0) is 9.53 Å². The second kappa shape index (κ2) is 5.34. The normalized spacial score (nSPS) is 30.8. The van der Waals surface area contributed by atoms with Crippen LogP contribution in [0.15, 0.2) is 0 Å². The summed E-state index contributed by atoms with van der Waals surface area (Å²) in [5.74, 6) is -0.576. The fraction of sp³-hybridized carbons (Fsp3) is 0.692. The SMILES string of the molecule is [CH2]CC1C[CH]C(C)(C(C#N)C(=O)OCC)C1. The van der Waals surface area contributed by atoms with E-state index >= 15 is 0 Å². The highest BCUT2D eigenvalue weighted by atomic mass is 16.5. The summed E-state index contributed by atoms with van der Waals surface area (Å²) < 4.78 is 4.94. The third-order valence-corrected chi connectivity index (χ3v) is 3.37. The largest absolute Gasteiger partial charge is 0.465 e. The van der Waals surface area contributed by atoms with Crippen molar-refractivity contribution < 1.29 is 9.53 Å². The molecular formula is C13H19NO2. The first-order chi connectivity index (χ1) is 7.57. The van der Waals surface area contributed by atoms with Crippen molar-refractivity contribution in [2.45, 2.75) is 33.1 Å². The van der Waals surface area contributed by atoms with Crippen LogP contribution in [0.1, 0.15) is 33.1 Å². The molecule has 3 nitrogen and oxygen atoms in total. The van der Waals surface area contributed by atoms with Gasteiger partial charge in [0.25, 0.3) is 0 Å². The summed E-state index contributed by atoms with van der Waals surface area (Å²) in [6.45, 7) is 7.93. The van der Waals surface area contributed by atoms with Gasteiger partial charge in [0.05, 0.1) is 12.7 Å². The number of ether oxygens (including phenoxy) is 1. The van der Waals surface area contributed by atoms with Crippen molar-refractivity contribution in [2.75, 3.05) is 6.61 Å². The minimum atomic E-state index is -0.677. The third-order valence-electron chi connectivity index (χ3n) is 3.37. The summed E-state index contributed by atoms with van der Waals surface area (Å²) in [5.41, 5.74) is -0.344. The van der Waals surface area contributed by atoms with Crippen molar-refractivity contribution in [1.82, 2.24) is 0 Å². The topological polar surface area (TPSA) is 50.1 Å². The van der Waals surface area contributed by atoms with Crippen LogP contribution >= 0.6 is 0 Å². The van der Waals surface area contributed by atoms with Crippen LogP contribution in [-0.4, -0.2) is 12.6 Å². The molecule has 0 aromatic carbocycles. The van der Waals surface area contributed by atoms with E-state index in [-0.39, 0.29) is 5.41 Å². The lowest BCUT2D eigenvalue weighted by atomic mass is 9.75. The van der Waals surface area contributed by atoms with Crippen molar-refractivity contribution in [3.8, 4) is 6.07 Å². The molecule has 2 radical (unpaired) electrons. The molecule has 3 unspecified atom stereocenters. The van der Waals surface area contributed by atoms with Gasteiger partial charge in [0.2, 0.25) is 0 Å². The monoisotopic (exact) mass is 221 g/mol. The summed E-state index contributed by atoms with van der Waals surface area (Å²) in [5, 5.41) is 9.12. The predicted octanol–water partition coefficient (Wildman–Crippen LogP) is 2.53. The van der Waals surface area contributed by atoms with Crippen molar-refractivity contribution in [3.63, 3.8) is 0 Å². The lowest BCUT2D eigenvalue weighted by Crippen LogP contribution is -2.32.